The molecule has 2 aliphatic rings. The largest absolute Gasteiger partial charge is 0.497 e. The van der Waals surface area contributed by atoms with Crippen molar-refractivity contribution in [1.29, 1.82) is 0 Å². The number of hydrogen-bond donors (Lipinski definition) is 1. The van der Waals surface area contributed by atoms with Crippen molar-refractivity contribution in [1.82, 2.24) is 5.32 Å². The maximum atomic E-state index is 13.6. The number of nitrogens with zero attached hydrogens (tertiary/aromatic N) is 1. The van der Waals surface area contributed by atoms with E-state index in [1.54, 1.807) is 31.3 Å². The maximum Gasteiger partial charge on any atom is 0.231 e. The highest BCUT2D eigenvalue weighted by atomic mass is 16.7. The van der Waals surface area contributed by atoms with Crippen molar-refractivity contribution in [2.75, 3.05) is 25.9 Å². The van der Waals surface area contributed by atoms with Crippen LogP contribution in [0.1, 0.15) is 30.0 Å². The summed E-state index contributed by atoms with van der Waals surface area (Å²) < 4.78 is 21.7. The average molecular weight is 489 g/mol. The van der Waals surface area contributed by atoms with Crippen molar-refractivity contribution in [2.24, 2.45) is 5.92 Å². The monoisotopic (exact) mass is 488 g/mol. The second-order valence-electron chi connectivity index (χ2n) is 8.69. The van der Waals surface area contributed by atoms with Crippen LogP contribution in [0.3, 0.4) is 0 Å². The van der Waals surface area contributed by atoms with E-state index in [-0.39, 0.29) is 25.0 Å². The molecule has 0 aliphatic carbocycles. The highest BCUT2D eigenvalue weighted by Gasteiger charge is 2.41. The Morgan fingerprint density at radius 1 is 1.00 bits per heavy atom. The molecule has 1 N–H and O–H groups in total. The van der Waals surface area contributed by atoms with Crippen LogP contribution >= 0.6 is 0 Å². The van der Waals surface area contributed by atoms with E-state index in [9.17, 15) is 9.59 Å². The minimum Gasteiger partial charge on any atom is -0.497 e. The number of benzene rings is 3. The van der Waals surface area contributed by atoms with Gasteiger partial charge in [0.1, 0.15) is 11.5 Å². The van der Waals surface area contributed by atoms with E-state index < -0.39 is 12.0 Å². The average Bonchev–Trinajstić information content (AvgIpc) is 3.39. The quantitative estimate of drug-likeness (QED) is 0.536. The summed E-state index contributed by atoms with van der Waals surface area (Å²) in [5.74, 6) is 1.99. The van der Waals surface area contributed by atoms with Gasteiger partial charge in [0.15, 0.2) is 11.5 Å². The number of hydrogen-bond acceptors (Lipinski definition) is 6. The number of carbonyl (C=O) groups excluding carboxylic acids is 2. The van der Waals surface area contributed by atoms with E-state index in [2.05, 4.69) is 5.32 Å². The highest BCUT2D eigenvalue weighted by molar-refractivity contribution is 5.97. The minimum absolute atomic E-state index is 0.0524. The zero-order chi connectivity index (χ0) is 25.1. The van der Waals surface area contributed by atoms with Gasteiger partial charge < -0.3 is 29.2 Å². The first kappa shape index (κ1) is 23.5. The molecule has 2 amide bonds. The number of ether oxygens (including phenoxy) is 4. The van der Waals surface area contributed by atoms with Gasteiger partial charge in [-0.1, -0.05) is 30.3 Å². The third-order valence-corrected chi connectivity index (χ3v) is 6.67. The van der Waals surface area contributed by atoms with Gasteiger partial charge in [-0.25, -0.2) is 0 Å². The second-order valence-corrected chi connectivity index (χ2v) is 8.69. The molecule has 3 aromatic rings. The zero-order valence-corrected chi connectivity index (χ0v) is 20.2. The number of para-hydroxylation sites is 1. The van der Waals surface area contributed by atoms with Gasteiger partial charge in [0, 0.05) is 30.3 Å². The SMILES string of the molecule is COc1ccc(C2C(C(=O)NCc3ccccc3OC)CCC(=O)N2c2ccc3c(c2)OCO3)cc1. The Balaban J connectivity index is 1.48. The molecule has 2 heterocycles. The Labute approximate surface area is 209 Å². The van der Waals surface area contributed by atoms with Crippen LogP contribution in [-0.2, 0) is 16.1 Å². The van der Waals surface area contributed by atoms with Gasteiger partial charge in [0.2, 0.25) is 18.6 Å². The standard InChI is InChI=1S/C28H28N2O6/c1-33-21-10-7-18(8-11-21)27-22(28(32)29-16-19-5-3-4-6-23(19)34-2)12-14-26(31)30(27)20-9-13-24-25(15-20)36-17-35-24/h3-11,13,15,22,27H,12,14,16-17H2,1-2H3,(H,29,32). The summed E-state index contributed by atoms with van der Waals surface area (Å²) in [6.45, 7) is 0.468. The third-order valence-electron chi connectivity index (χ3n) is 6.67. The Bertz CT molecular complexity index is 1260. The lowest BCUT2D eigenvalue weighted by Crippen LogP contribution is -2.48. The fraction of sp³-hybridized carbons (Fsp3) is 0.286. The molecular weight excluding hydrogens is 460 g/mol. The summed E-state index contributed by atoms with van der Waals surface area (Å²) in [5, 5.41) is 3.07. The molecule has 1 fully saturated rings. The lowest BCUT2D eigenvalue weighted by Gasteiger charge is -2.41. The number of nitrogens with one attached hydrogen (secondary N) is 1. The second kappa shape index (κ2) is 10.2. The summed E-state index contributed by atoms with van der Waals surface area (Å²) in [6.07, 6.45) is 0.697. The molecule has 36 heavy (non-hydrogen) atoms. The first-order chi connectivity index (χ1) is 17.6. The summed E-state index contributed by atoms with van der Waals surface area (Å²) in [6, 6.07) is 20.0. The van der Waals surface area contributed by atoms with Gasteiger partial charge in [0.25, 0.3) is 0 Å². The van der Waals surface area contributed by atoms with E-state index in [1.165, 1.54) is 0 Å². The lowest BCUT2D eigenvalue weighted by molar-refractivity contribution is -0.129. The van der Waals surface area contributed by atoms with Crippen LogP contribution in [-0.4, -0.2) is 32.8 Å². The van der Waals surface area contributed by atoms with Crippen LogP contribution in [0.15, 0.2) is 66.7 Å². The first-order valence-electron chi connectivity index (χ1n) is 11.8. The van der Waals surface area contributed by atoms with Crippen molar-refractivity contribution >= 4 is 17.5 Å². The number of rotatable bonds is 7. The maximum absolute atomic E-state index is 13.6. The molecule has 2 unspecified atom stereocenters. The molecule has 5 rings (SSSR count). The van der Waals surface area contributed by atoms with Gasteiger partial charge in [-0.2, -0.15) is 0 Å². The van der Waals surface area contributed by atoms with Crippen LogP contribution < -0.4 is 29.2 Å². The van der Waals surface area contributed by atoms with Crippen molar-refractivity contribution < 1.29 is 28.5 Å². The molecule has 0 radical (unpaired) electrons. The van der Waals surface area contributed by atoms with Crippen molar-refractivity contribution in [3.63, 3.8) is 0 Å². The first-order valence-corrected chi connectivity index (χ1v) is 11.8. The smallest absolute Gasteiger partial charge is 0.231 e. The molecule has 8 nitrogen and oxygen atoms in total. The normalized spacial score (nSPS) is 18.6. The molecule has 2 aliphatic heterocycles. The predicted octanol–water partition coefficient (Wildman–Crippen LogP) is 4.23. The number of amides is 2. The summed E-state index contributed by atoms with van der Waals surface area (Å²) in [5.41, 5.74) is 2.39. The summed E-state index contributed by atoms with van der Waals surface area (Å²) in [7, 11) is 3.21. The van der Waals surface area contributed by atoms with E-state index in [1.807, 2.05) is 54.6 Å². The van der Waals surface area contributed by atoms with Crippen LogP contribution in [0.4, 0.5) is 5.69 Å². The molecule has 2 atom stereocenters. The Kier molecular flexibility index (Phi) is 6.66. The molecule has 1 saturated heterocycles. The Hall–Kier alpha value is -4.20. The van der Waals surface area contributed by atoms with E-state index in [0.717, 1.165) is 11.1 Å². The third kappa shape index (κ3) is 4.54. The topological polar surface area (TPSA) is 86.3 Å². The van der Waals surface area contributed by atoms with Gasteiger partial charge in [0.05, 0.1) is 26.2 Å². The van der Waals surface area contributed by atoms with Crippen molar-refractivity contribution in [3.8, 4) is 23.0 Å². The lowest BCUT2D eigenvalue weighted by atomic mass is 9.83. The summed E-state index contributed by atoms with van der Waals surface area (Å²) >= 11 is 0. The predicted molar refractivity (Wildman–Crippen MR) is 133 cm³/mol. The minimum atomic E-state index is -0.504. The fourth-order valence-corrected chi connectivity index (χ4v) is 4.85. The van der Waals surface area contributed by atoms with Crippen LogP contribution in [0.2, 0.25) is 0 Å². The van der Waals surface area contributed by atoms with Crippen molar-refractivity contribution in [3.05, 3.63) is 77.9 Å². The van der Waals surface area contributed by atoms with Gasteiger partial charge in [-0.3, -0.25) is 9.59 Å². The molecule has 0 spiro atoms. The Morgan fingerprint density at radius 2 is 1.78 bits per heavy atom. The molecule has 8 heteroatoms. The number of piperidine rings is 1. The fourth-order valence-electron chi connectivity index (χ4n) is 4.85. The molecule has 0 saturated carbocycles. The van der Waals surface area contributed by atoms with Gasteiger partial charge >= 0.3 is 0 Å². The highest BCUT2D eigenvalue weighted by Crippen LogP contribution is 2.43. The molecule has 0 bridgehead atoms. The number of fused-ring (bicyclic) bond motifs is 1. The van der Waals surface area contributed by atoms with Gasteiger partial charge in [-0.15, -0.1) is 0 Å². The van der Waals surface area contributed by atoms with Crippen molar-refractivity contribution in [2.45, 2.75) is 25.4 Å². The summed E-state index contributed by atoms with van der Waals surface area (Å²) in [4.78, 5) is 28.6. The zero-order valence-electron chi connectivity index (χ0n) is 20.2. The van der Waals surface area contributed by atoms with Crippen LogP contribution in [0.5, 0.6) is 23.0 Å². The molecule has 186 valence electrons. The molecule has 0 aromatic heterocycles. The van der Waals surface area contributed by atoms with Gasteiger partial charge in [-0.05, 0) is 42.3 Å². The number of methoxy groups -OCH3 is 2. The van der Waals surface area contributed by atoms with E-state index in [4.69, 9.17) is 18.9 Å². The molecular formula is C28H28N2O6. The Morgan fingerprint density at radius 3 is 2.56 bits per heavy atom. The van der Waals surface area contributed by atoms with E-state index in [0.29, 0.717) is 41.7 Å². The van der Waals surface area contributed by atoms with Crippen LogP contribution in [0, 0.1) is 5.92 Å². The van der Waals surface area contributed by atoms with Crippen LogP contribution in [0.25, 0.3) is 0 Å². The van der Waals surface area contributed by atoms with E-state index >= 15 is 0 Å². The molecule has 3 aromatic carbocycles. The number of carbonyl (C=O) groups is 2. The number of anilines is 1.